The van der Waals surface area contributed by atoms with Crippen molar-refractivity contribution in [2.24, 2.45) is 5.92 Å². The first kappa shape index (κ1) is 29.1. The Morgan fingerprint density at radius 3 is 2.62 bits per heavy atom. The van der Waals surface area contributed by atoms with Crippen LogP contribution in [0.4, 0.5) is 29.2 Å². The van der Waals surface area contributed by atoms with Crippen LogP contribution in [0.3, 0.4) is 0 Å². The molecule has 0 spiro atoms. The fourth-order valence-electron chi connectivity index (χ4n) is 4.23. The Morgan fingerprint density at radius 1 is 1.20 bits per heavy atom. The van der Waals surface area contributed by atoms with E-state index in [0.29, 0.717) is 6.61 Å². The monoisotopic (exact) mass is 583 g/mol. The zero-order valence-corrected chi connectivity index (χ0v) is 22.4. The summed E-state index contributed by atoms with van der Waals surface area (Å²) in [5.41, 5.74) is 5.39. The van der Waals surface area contributed by atoms with Gasteiger partial charge in [0.05, 0.1) is 17.9 Å². The smallest absolute Gasteiger partial charge is 0.408 e. The minimum atomic E-state index is -4.64. The SMILES string of the molecule is CC(C)COc1cc(F)cc(-c2ccc(C(=O)NS(=O)(=O)c3cccc(N)n3)c(N3CCC[C@H]3C(F)(F)F)n2)c1.[HH]. The van der Waals surface area contributed by atoms with E-state index >= 15 is 0 Å². The third-order valence-electron chi connectivity index (χ3n) is 6.02. The van der Waals surface area contributed by atoms with Gasteiger partial charge >= 0.3 is 6.18 Å². The van der Waals surface area contributed by atoms with Crippen molar-refractivity contribution in [1.82, 2.24) is 14.7 Å². The number of amides is 1. The topological polar surface area (TPSA) is 128 Å². The molecule has 0 unspecified atom stereocenters. The fraction of sp³-hybridized carbons (Fsp3) is 0.346. The van der Waals surface area contributed by atoms with E-state index in [1.54, 1.807) is 0 Å². The van der Waals surface area contributed by atoms with Gasteiger partial charge in [-0.25, -0.2) is 19.1 Å². The van der Waals surface area contributed by atoms with Crippen molar-refractivity contribution < 1.29 is 36.9 Å². The van der Waals surface area contributed by atoms with Gasteiger partial charge in [-0.3, -0.25) is 4.79 Å². The molecule has 0 aliphatic carbocycles. The third-order valence-corrected chi connectivity index (χ3v) is 7.25. The summed E-state index contributed by atoms with van der Waals surface area (Å²) >= 11 is 0. The molecule has 1 atom stereocenters. The predicted octanol–water partition coefficient (Wildman–Crippen LogP) is 4.80. The molecule has 0 radical (unpaired) electrons. The van der Waals surface area contributed by atoms with Gasteiger partial charge < -0.3 is 15.4 Å². The van der Waals surface area contributed by atoms with Gasteiger partial charge in [0, 0.05) is 19.6 Å². The number of nitrogens with one attached hydrogen (secondary N) is 1. The second kappa shape index (κ2) is 11.3. The number of halogens is 4. The van der Waals surface area contributed by atoms with E-state index in [1.807, 2.05) is 18.6 Å². The first-order valence-electron chi connectivity index (χ1n) is 12.3. The molecular formula is C26H29F4N5O4S. The first-order valence-corrected chi connectivity index (χ1v) is 13.8. The third kappa shape index (κ3) is 6.61. The Morgan fingerprint density at radius 2 is 1.95 bits per heavy atom. The van der Waals surface area contributed by atoms with Crippen LogP contribution in [0.25, 0.3) is 11.3 Å². The van der Waals surface area contributed by atoms with Crippen LogP contribution >= 0.6 is 0 Å². The number of carbonyl (C=O) groups is 1. The number of nitrogens with zero attached hydrogens (tertiary/aromatic N) is 3. The number of pyridine rings is 2. The molecule has 3 N–H and O–H groups in total. The quantitative estimate of drug-likeness (QED) is 0.362. The maximum Gasteiger partial charge on any atom is 0.408 e. The van der Waals surface area contributed by atoms with Crippen molar-refractivity contribution in [3.05, 3.63) is 59.9 Å². The molecule has 4 rings (SSSR count). The van der Waals surface area contributed by atoms with E-state index in [0.717, 1.165) is 23.1 Å². The van der Waals surface area contributed by atoms with Crippen molar-refractivity contribution in [3.8, 4) is 17.0 Å². The number of sulfonamides is 1. The minimum Gasteiger partial charge on any atom is -0.493 e. The number of nitrogen functional groups attached to an aromatic ring is 1. The summed E-state index contributed by atoms with van der Waals surface area (Å²) in [6.07, 6.45) is -4.72. The molecule has 3 heterocycles. The summed E-state index contributed by atoms with van der Waals surface area (Å²) in [4.78, 5) is 22.1. The number of alkyl halides is 3. The number of carbonyl (C=O) groups excluding carboxylic acids is 1. The molecule has 0 saturated carbocycles. The zero-order valence-electron chi connectivity index (χ0n) is 21.6. The van der Waals surface area contributed by atoms with Crippen LogP contribution in [0, 0.1) is 11.7 Å². The lowest BCUT2D eigenvalue weighted by Gasteiger charge is -2.29. The van der Waals surface area contributed by atoms with Gasteiger partial charge in [0.1, 0.15) is 29.2 Å². The van der Waals surface area contributed by atoms with Gasteiger partial charge in [-0.1, -0.05) is 19.9 Å². The van der Waals surface area contributed by atoms with E-state index in [-0.39, 0.29) is 55.4 Å². The van der Waals surface area contributed by atoms with Crippen molar-refractivity contribution >= 4 is 27.6 Å². The molecule has 9 nitrogen and oxygen atoms in total. The van der Waals surface area contributed by atoms with Gasteiger partial charge in [0.2, 0.25) is 0 Å². The number of nitrogens with two attached hydrogens (primary N) is 1. The number of hydrogen-bond donors (Lipinski definition) is 2. The summed E-state index contributed by atoms with van der Waals surface area (Å²) in [7, 11) is -4.52. The lowest BCUT2D eigenvalue weighted by molar-refractivity contribution is -0.146. The summed E-state index contributed by atoms with van der Waals surface area (Å²) in [6.45, 7) is 4.04. The highest BCUT2D eigenvalue weighted by atomic mass is 32.2. The van der Waals surface area contributed by atoms with Gasteiger partial charge in [-0.2, -0.15) is 21.6 Å². The molecular weight excluding hydrogens is 554 g/mol. The van der Waals surface area contributed by atoms with E-state index in [9.17, 15) is 30.8 Å². The number of aromatic nitrogens is 2. The minimum absolute atomic E-state index is 0. The van der Waals surface area contributed by atoms with Gasteiger partial charge in [-0.05, 0) is 55.2 Å². The number of anilines is 2. The number of hydrogen-bond acceptors (Lipinski definition) is 8. The van der Waals surface area contributed by atoms with Gasteiger partial charge in [-0.15, -0.1) is 0 Å². The molecule has 2 aromatic heterocycles. The van der Waals surface area contributed by atoms with E-state index in [1.165, 1.54) is 30.3 Å². The van der Waals surface area contributed by atoms with Crippen LogP contribution < -0.4 is 20.1 Å². The molecule has 1 fully saturated rings. The molecule has 3 aromatic rings. The molecule has 1 aliphatic heterocycles. The number of ether oxygens (including phenoxy) is 1. The summed E-state index contributed by atoms with van der Waals surface area (Å²) in [5.74, 6) is -2.02. The standard InChI is InChI=1S/C26H27F4N5O4S.H2/c1-15(2)14-39-18-12-16(11-17(27)13-18)20-9-8-19(24(32-20)35-10-4-5-21(35)26(28,29)30)25(36)34-40(37,38)23-7-3-6-22(31)33-23;/h3,6-9,11-13,15,21H,4-5,10,14H2,1-2H3,(H2,31,33)(H,34,36);1H/t21-;/m0./s1. The molecule has 14 heteroatoms. The highest BCUT2D eigenvalue weighted by Gasteiger charge is 2.47. The maximum atomic E-state index is 14.4. The van der Waals surface area contributed by atoms with Crippen LogP contribution in [0.1, 0.15) is 38.5 Å². The fourth-order valence-corrected chi connectivity index (χ4v) is 5.17. The molecule has 1 saturated heterocycles. The van der Waals surface area contributed by atoms with Crippen molar-refractivity contribution in [1.29, 1.82) is 0 Å². The van der Waals surface area contributed by atoms with E-state index < -0.39 is 44.6 Å². The van der Waals surface area contributed by atoms with Crippen LogP contribution in [0.2, 0.25) is 0 Å². The summed E-state index contributed by atoms with van der Waals surface area (Å²) in [5, 5.41) is -0.546. The normalized spacial score (nSPS) is 15.9. The molecule has 1 aromatic carbocycles. The summed E-state index contributed by atoms with van der Waals surface area (Å²) < 4.78 is 89.1. The van der Waals surface area contributed by atoms with E-state index in [4.69, 9.17) is 10.5 Å². The van der Waals surface area contributed by atoms with Crippen molar-refractivity contribution in [2.45, 2.75) is 43.9 Å². The zero-order chi connectivity index (χ0) is 29.2. The Hall–Kier alpha value is -3.94. The second-order valence-corrected chi connectivity index (χ2v) is 11.3. The lowest BCUT2D eigenvalue weighted by Crippen LogP contribution is -2.43. The average molecular weight is 584 g/mol. The molecule has 1 aliphatic rings. The Kier molecular flexibility index (Phi) is 8.19. The number of rotatable bonds is 8. The van der Waals surface area contributed by atoms with Crippen molar-refractivity contribution in [3.63, 3.8) is 0 Å². The lowest BCUT2D eigenvalue weighted by atomic mass is 10.1. The van der Waals surface area contributed by atoms with Crippen molar-refractivity contribution in [2.75, 3.05) is 23.8 Å². The van der Waals surface area contributed by atoms with Gasteiger partial charge in [0.25, 0.3) is 15.9 Å². The number of benzene rings is 1. The molecule has 0 bridgehead atoms. The van der Waals surface area contributed by atoms with E-state index in [2.05, 4.69) is 9.97 Å². The Balaban J connectivity index is 0.00000462. The Labute approximate surface area is 229 Å². The second-order valence-electron chi connectivity index (χ2n) is 9.68. The Bertz CT molecular complexity index is 1520. The average Bonchev–Trinajstić information content (AvgIpc) is 3.37. The highest BCUT2D eigenvalue weighted by Crippen LogP contribution is 2.38. The maximum absolute atomic E-state index is 14.4. The first-order chi connectivity index (χ1) is 18.7. The van der Waals surface area contributed by atoms with Gasteiger partial charge in [0.15, 0.2) is 5.03 Å². The predicted molar refractivity (Wildman–Crippen MR) is 142 cm³/mol. The molecule has 40 heavy (non-hydrogen) atoms. The van der Waals surface area contributed by atoms with Crippen LogP contribution in [0.5, 0.6) is 5.75 Å². The van der Waals surface area contributed by atoms with Crippen LogP contribution in [-0.4, -0.2) is 49.7 Å². The largest absolute Gasteiger partial charge is 0.493 e. The van der Waals surface area contributed by atoms with Crippen LogP contribution in [-0.2, 0) is 10.0 Å². The summed E-state index contributed by atoms with van der Waals surface area (Å²) in [6, 6.07) is 8.06. The molecule has 1 amide bonds. The molecule has 216 valence electrons. The highest BCUT2D eigenvalue weighted by molar-refractivity contribution is 7.90. The van der Waals surface area contributed by atoms with Crippen LogP contribution in [0.15, 0.2) is 53.6 Å².